The molecule has 186 valence electrons. The lowest BCUT2D eigenvalue weighted by atomic mass is 9.92. The fourth-order valence-corrected chi connectivity index (χ4v) is 6.87. The molecular formula is C34H35N3. The minimum Gasteiger partial charge on any atom is -0.341 e. The van der Waals surface area contributed by atoms with Gasteiger partial charge in [0.25, 0.3) is 0 Å². The third kappa shape index (κ3) is 3.98. The van der Waals surface area contributed by atoms with Crippen LogP contribution in [0.1, 0.15) is 40.8 Å². The van der Waals surface area contributed by atoms with Crippen LogP contribution in [0.5, 0.6) is 0 Å². The maximum absolute atomic E-state index is 2.73. The molecule has 5 aromatic rings. The first-order valence-electron chi connectivity index (χ1n) is 13.9. The number of rotatable bonds is 4. The number of fused-ring (bicyclic) bond motifs is 5. The zero-order chi connectivity index (χ0) is 24.8. The molecule has 3 nitrogen and oxygen atoms in total. The second-order valence-electron chi connectivity index (χ2n) is 10.7. The summed E-state index contributed by atoms with van der Waals surface area (Å²) in [5.41, 5.74) is 10.2. The van der Waals surface area contributed by atoms with Crippen molar-refractivity contribution in [1.82, 2.24) is 14.4 Å². The molecule has 0 bridgehead atoms. The SMILES string of the molecule is CCn1c2ccccc2c2cc(CN3CCN(C4c5ccccc5CCc5ccccc54)CC3)ccc21. The van der Waals surface area contributed by atoms with Crippen LogP contribution in [0.3, 0.4) is 0 Å². The summed E-state index contributed by atoms with van der Waals surface area (Å²) in [6, 6.07) is 34.6. The van der Waals surface area contributed by atoms with E-state index in [0.29, 0.717) is 6.04 Å². The number of benzene rings is 4. The fourth-order valence-electron chi connectivity index (χ4n) is 6.87. The second kappa shape index (κ2) is 9.48. The van der Waals surface area contributed by atoms with Gasteiger partial charge >= 0.3 is 0 Å². The number of hydrogen-bond acceptors (Lipinski definition) is 2. The van der Waals surface area contributed by atoms with Crippen molar-refractivity contribution in [3.05, 3.63) is 119 Å². The Hall–Kier alpha value is -3.40. The largest absolute Gasteiger partial charge is 0.341 e. The molecule has 0 spiro atoms. The Labute approximate surface area is 219 Å². The maximum atomic E-state index is 2.73. The molecule has 0 unspecified atom stereocenters. The van der Waals surface area contributed by atoms with Gasteiger partial charge in [-0.3, -0.25) is 9.80 Å². The molecule has 1 fully saturated rings. The van der Waals surface area contributed by atoms with E-state index in [1.807, 2.05) is 0 Å². The van der Waals surface area contributed by atoms with Gasteiger partial charge in [0.1, 0.15) is 0 Å². The Morgan fingerprint density at radius 2 is 1.27 bits per heavy atom. The molecule has 1 aliphatic carbocycles. The molecule has 1 saturated heterocycles. The molecule has 4 aromatic carbocycles. The Kier molecular flexibility index (Phi) is 5.83. The highest BCUT2D eigenvalue weighted by Gasteiger charge is 2.30. The first kappa shape index (κ1) is 22.8. The minimum atomic E-state index is 0.369. The third-order valence-electron chi connectivity index (χ3n) is 8.69. The quantitative estimate of drug-likeness (QED) is 0.277. The van der Waals surface area contributed by atoms with Crippen LogP contribution in [-0.4, -0.2) is 40.5 Å². The smallest absolute Gasteiger partial charge is 0.0608 e. The van der Waals surface area contributed by atoms with E-state index in [2.05, 4.69) is 112 Å². The predicted octanol–water partition coefficient (Wildman–Crippen LogP) is 6.82. The van der Waals surface area contributed by atoms with Crippen molar-refractivity contribution in [2.45, 2.75) is 38.9 Å². The summed E-state index contributed by atoms with van der Waals surface area (Å²) in [6.45, 7) is 8.68. The average molecular weight is 486 g/mol. The van der Waals surface area contributed by atoms with Crippen molar-refractivity contribution in [3.8, 4) is 0 Å². The van der Waals surface area contributed by atoms with E-state index in [9.17, 15) is 0 Å². The van der Waals surface area contributed by atoms with Gasteiger partial charge in [-0.1, -0.05) is 72.8 Å². The van der Waals surface area contributed by atoms with E-state index in [1.54, 1.807) is 0 Å². The molecule has 2 aliphatic rings. The van der Waals surface area contributed by atoms with Crippen molar-refractivity contribution in [2.75, 3.05) is 26.2 Å². The van der Waals surface area contributed by atoms with Gasteiger partial charge in [0.05, 0.1) is 6.04 Å². The summed E-state index contributed by atoms with van der Waals surface area (Å²) in [5, 5.41) is 2.76. The third-order valence-corrected chi connectivity index (χ3v) is 8.69. The van der Waals surface area contributed by atoms with E-state index in [1.165, 1.54) is 49.6 Å². The minimum absolute atomic E-state index is 0.369. The van der Waals surface area contributed by atoms with Gasteiger partial charge in [-0.25, -0.2) is 0 Å². The van der Waals surface area contributed by atoms with Crippen LogP contribution in [0, 0.1) is 0 Å². The fraction of sp³-hybridized carbons (Fsp3) is 0.294. The van der Waals surface area contributed by atoms with Crippen molar-refractivity contribution in [2.24, 2.45) is 0 Å². The van der Waals surface area contributed by atoms with Gasteiger partial charge < -0.3 is 4.57 Å². The van der Waals surface area contributed by atoms with Crippen LogP contribution in [0.4, 0.5) is 0 Å². The van der Waals surface area contributed by atoms with Gasteiger partial charge in [0.15, 0.2) is 0 Å². The highest BCUT2D eigenvalue weighted by Crippen LogP contribution is 2.37. The first-order valence-corrected chi connectivity index (χ1v) is 13.9. The van der Waals surface area contributed by atoms with Gasteiger partial charge in [0, 0.05) is 61.1 Å². The number of piperazine rings is 1. The van der Waals surface area contributed by atoms with Crippen molar-refractivity contribution >= 4 is 21.8 Å². The van der Waals surface area contributed by atoms with Gasteiger partial charge in [-0.15, -0.1) is 0 Å². The summed E-state index contributed by atoms with van der Waals surface area (Å²) in [7, 11) is 0. The van der Waals surface area contributed by atoms with E-state index < -0.39 is 0 Å². The Bertz CT molecular complexity index is 1520. The molecular weight excluding hydrogens is 450 g/mol. The van der Waals surface area contributed by atoms with Crippen molar-refractivity contribution in [1.29, 1.82) is 0 Å². The summed E-state index contributed by atoms with van der Waals surface area (Å²) in [6.07, 6.45) is 2.28. The van der Waals surface area contributed by atoms with Crippen molar-refractivity contribution < 1.29 is 0 Å². The van der Waals surface area contributed by atoms with Gasteiger partial charge in [0.2, 0.25) is 0 Å². The zero-order valence-electron chi connectivity index (χ0n) is 21.7. The van der Waals surface area contributed by atoms with Gasteiger partial charge in [-0.05, 0) is 65.8 Å². The van der Waals surface area contributed by atoms with Crippen LogP contribution in [0.15, 0.2) is 91.0 Å². The average Bonchev–Trinajstić information content (AvgIpc) is 3.16. The molecule has 1 aromatic heterocycles. The second-order valence-corrected chi connectivity index (χ2v) is 10.7. The molecule has 37 heavy (non-hydrogen) atoms. The Balaban J connectivity index is 1.13. The molecule has 0 saturated carbocycles. The van der Waals surface area contributed by atoms with Crippen LogP contribution in [-0.2, 0) is 25.9 Å². The number of nitrogens with zero attached hydrogens (tertiary/aromatic N) is 3. The molecule has 1 aliphatic heterocycles. The van der Waals surface area contributed by atoms with Crippen molar-refractivity contribution in [3.63, 3.8) is 0 Å². The lowest BCUT2D eigenvalue weighted by Gasteiger charge is -2.40. The monoisotopic (exact) mass is 485 g/mol. The van der Waals surface area contributed by atoms with E-state index in [4.69, 9.17) is 0 Å². The molecule has 0 N–H and O–H groups in total. The topological polar surface area (TPSA) is 11.4 Å². The summed E-state index contributed by atoms with van der Waals surface area (Å²) < 4.78 is 2.44. The number of hydrogen-bond donors (Lipinski definition) is 0. The molecule has 3 heteroatoms. The zero-order valence-corrected chi connectivity index (χ0v) is 21.7. The Morgan fingerprint density at radius 1 is 0.649 bits per heavy atom. The standard InChI is InChI=1S/C34H35N3/c1-2-37-32-14-8-7-13-30(32)31-23-25(15-18-33(31)37)24-35-19-21-36(22-20-35)34-28-11-5-3-9-26(28)16-17-27-10-4-6-12-29(27)34/h3-15,18,23,34H,2,16-17,19-22,24H2,1H3. The van der Waals surface area contributed by atoms with E-state index in [0.717, 1.165) is 52.1 Å². The Morgan fingerprint density at radius 3 is 1.97 bits per heavy atom. The number of aromatic nitrogens is 1. The molecule has 0 atom stereocenters. The lowest BCUT2D eigenvalue weighted by Crippen LogP contribution is -2.47. The number of para-hydroxylation sites is 1. The molecule has 0 amide bonds. The molecule has 7 rings (SSSR count). The highest BCUT2D eigenvalue weighted by molar-refractivity contribution is 6.08. The van der Waals surface area contributed by atoms with Crippen LogP contribution >= 0.6 is 0 Å². The lowest BCUT2D eigenvalue weighted by molar-refractivity contribution is 0.104. The molecule has 0 radical (unpaired) electrons. The first-order chi connectivity index (χ1) is 18.3. The predicted molar refractivity (Wildman–Crippen MR) is 154 cm³/mol. The normalized spacial score (nSPS) is 17.1. The van der Waals surface area contributed by atoms with Crippen LogP contribution in [0.25, 0.3) is 21.8 Å². The maximum Gasteiger partial charge on any atom is 0.0608 e. The van der Waals surface area contributed by atoms with Gasteiger partial charge in [-0.2, -0.15) is 0 Å². The summed E-state index contributed by atoms with van der Waals surface area (Å²) >= 11 is 0. The van der Waals surface area contributed by atoms with E-state index in [-0.39, 0.29) is 0 Å². The molecule has 2 heterocycles. The highest BCUT2D eigenvalue weighted by atomic mass is 15.3. The number of aryl methyl sites for hydroxylation is 3. The summed E-state index contributed by atoms with van der Waals surface area (Å²) in [4.78, 5) is 5.38. The van der Waals surface area contributed by atoms with E-state index >= 15 is 0 Å². The summed E-state index contributed by atoms with van der Waals surface area (Å²) in [5.74, 6) is 0. The van der Waals surface area contributed by atoms with Crippen LogP contribution in [0.2, 0.25) is 0 Å². The van der Waals surface area contributed by atoms with Crippen LogP contribution < -0.4 is 0 Å².